The molecular weight excluding hydrogens is 506 g/mol. The van der Waals surface area contributed by atoms with E-state index >= 15 is 0 Å². The molecule has 0 aliphatic carbocycles. The number of nitrogens with one attached hydrogen (secondary N) is 1. The van der Waals surface area contributed by atoms with Crippen molar-refractivity contribution in [3.63, 3.8) is 0 Å². The second kappa shape index (κ2) is 12.2. The molecule has 10 heteroatoms. The first-order valence-corrected chi connectivity index (χ1v) is 14.2. The van der Waals surface area contributed by atoms with Crippen molar-refractivity contribution < 1.29 is 14.4 Å². The highest BCUT2D eigenvalue weighted by molar-refractivity contribution is 5.91. The zero-order chi connectivity index (χ0) is 28.2. The first kappa shape index (κ1) is 27.8. The lowest BCUT2D eigenvalue weighted by atomic mass is 9.97. The van der Waals surface area contributed by atoms with Gasteiger partial charge in [0.1, 0.15) is 6.04 Å². The Morgan fingerprint density at radius 3 is 2.60 bits per heavy atom. The lowest BCUT2D eigenvalue weighted by molar-refractivity contribution is -0.140. The molecule has 2 fully saturated rings. The molecule has 3 aromatic rings. The summed E-state index contributed by atoms with van der Waals surface area (Å²) >= 11 is 0. The molecule has 5 rings (SSSR count). The summed E-state index contributed by atoms with van der Waals surface area (Å²) in [5.74, 6) is -0.282. The molecular formula is C30H39N7O3. The molecule has 10 nitrogen and oxygen atoms in total. The minimum Gasteiger partial charge on any atom is -0.350 e. The Morgan fingerprint density at radius 1 is 1.10 bits per heavy atom. The molecule has 0 radical (unpaired) electrons. The molecule has 212 valence electrons. The predicted molar refractivity (Wildman–Crippen MR) is 152 cm³/mol. The number of benzene rings is 1. The van der Waals surface area contributed by atoms with E-state index in [9.17, 15) is 14.4 Å². The standard InChI is InChI=1S/C30H39N7O3/c1-20-24-16-22(5-7-26(24)35(2)34-20)18-33-29(39)27-17-23(15-21-9-11-32-12-10-21)19-37(27)30(40)25(31)6-8-28(38)36-13-3-4-14-36/h5,7,9-12,16,23,25,27H,3-4,6,8,13-15,17-19,31H2,1-2H3,(H,33,39). The fourth-order valence-electron chi connectivity index (χ4n) is 6.06. The molecule has 3 atom stereocenters. The number of carbonyl (C=O) groups excluding carboxylic acids is 3. The maximum atomic E-state index is 13.5. The topological polar surface area (TPSA) is 126 Å². The highest BCUT2D eigenvalue weighted by Gasteiger charge is 2.41. The van der Waals surface area contributed by atoms with Gasteiger partial charge < -0.3 is 20.9 Å². The normalized spacial score (nSPS) is 19.8. The molecule has 3 N–H and O–H groups in total. The van der Waals surface area contributed by atoms with Crippen LogP contribution in [0, 0.1) is 12.8 Å². The van der Waals surface area contributed by atoms with Crippen LogP contribution in [0.5, 0.6) is 0 Å². The zero-order valence-electron chi connectivity index (χ0n) is 23.4. The van der Waals surface area contributed by atoms with Gasteiger partial charge in [0.05, 0.1) is 17.3 Å². The minimum atomic E-state index is -0.822. The molecule has 3 unspecified atom stereocenters. The van der Waals surface area contributed by atoms with Gasteiger partial charge in [0, 0.05) is 57.4 Å². The molecule has 2 aliphatic rings. The first-order valence-electron chi connectivity index (χ1n) is 14.2. The van der Waals surface area contributed by atoms with Crippen LogP contribution in [0.4, 0.5) is 0 Å². The number of nitrogens with zero attached hydrogens (tertiary/aromatic N) is 5. The van der Waals surface area contributed by atoms with Crippen molar-refractivity contribution in [1.29, 1.82) is 0 Å². The summed E-state index contributed by atoms with van der Waals surface area (Å²) in [5, 5.41) is 8.58. The number of fused-ring (bicyclic) bond motifs is 1. The van der Waals surface area contributed by atoms with Crippen molar-refractivity contribution >= 4 is 28.6 Å². The maximum Gasteiger partial charge on any atom is 0.243 e. The van der Waals surface area contributed by atoms with Crippen LogP contribution in [0.3, 0.4) is 0 Å². The smallest absolute Gasteiger partial charge is 0.243 e. The number of amides is 3. The Bertz CT molecular complexity index is 1370. The molecule has 2 aromatic heterocycles. The van der Waals surface area contributed by atoms with Crippen LogP contribution in [0.15, 0.2) is 42.7 Å². The fourth-order valence-corrected chi connectivity index (χ4v) is 6.06. The SMILES string of the molecule is Cc1nn(C)c2ccc(CNC(=O)C3CC(Cc4ccncc4)CN3C(=O)C(N)CCC(=O)N3CCCC3)cc12. The molecule has 0 saturated carbocycles. The minimum absolute atomic E-state index is 0.0489. The molecule has 40 heavy (non-hydrogen) atoms. The largest absolute Gasteiger partial charge is 0.350 e. The summed E-state index contributed by atoms with van der Waals surface area (Å²) in [6.45, 7) is 4.33. The molecule has 1 aromatic carbocycles. The van der Waals surface area contributed by atoms with Crippen LogP contribution >= 0.6 is 0 Å². The second-order valence-corrected chi connectivity index (χ2v) is 11.2. The average molecular weight is 546 g/mol. The van der Waals surface area contributed by atoms with Gasteiger partial charge in [-0.2, -0.15) is 5.10 Å². The highest BCUT2D eigenvalue weighted by Crippen LogP contribution is 2.28. The Labute approximate surface area is 234 Å². The second-order valence-electron chi connectivity index (χ2n) is 11.2. The van der Waals surface area contributed by atoms with E-state index in [1.165, 1.54) is 0 Å². The number of carbonyl (C=O) groups is 3. The van der Waals surface area contributed by atoms with E-state index in [4.69, 9.17) is 5.73 Å². The number of rotatable bonds is 9. The van der Waals surface area contributed by atoms with E-state index in [0.717, 1.165) is 60.1 Å². The molecule has 4 heterocycles. The number of nitrogens with two attached hydrogens (primary N) is 1. The van der Waals surface area contributed by atoms with Gasteiger partial charge in [-0.25, -0.2) is 0 Å². The van der Waals surface area contributed by atoms with Gasteiger partial charge in [-0.05, 0) is 80.3 Å². The van der Waals surface area contributed by atoms with E-state index in [2.05, 4.69) is 21.5 Å². The quantitative estimate of drug-likeness (QED) is 0.424. The average Bonchev–Trinajstić information content (AvgIpc) is 3.70. The van der Waals surface area contributed by atoms with Crippen molar-refractivity contribution in [1.82, 2.24) is 29.9 Å². The summed E-state index contributed by atoms with van der Waals surface area (Å²) in [6.07, 6.45) is 7.38. The Morgan fingerprint density at radius 2 is 1.85 bits per heavy atom. The van der Waals surface area contributed by atoms with Crippen LogP contribution in [-0.2, 0) is 34.4 Å². The molecule has 0 bridgehead atoms. The van der Waals surface area contributed by atoms with Crippen molar-refractivity contribution in [2.45, 2.75) is 64.1 Å². The van der Waals surface area contributed by atoms with E-state index in [1.54, 1.807) is 17.3 Å². The lowest BCUT2D eigenvalue weighted by Gasteiger charge is -2.27. The summed E-state index contributed by atoms with van der Waals surface area (Å²) in [6, 6.07) is 8.55. The van der Waals surface area contributed by atoms with E-state index in [1.807, 2.05) is 47.8 Å². The van der Waals surface area contributed by atoms with Gasteiger partial charge in [-0.15, -0.1) is 0 Å². The van der Waals surface area contributed by atoms with E-state index < -0.39 is 12.1 Å². The number of likely N-dealkylation sites (tertiary alicyclic amines) is 2. The van der Waals surface area contributed by atoms with Gasteiger partial charge in [0.15, 0.2) is 0 Å². The van der Waals surface area contributed by atoms with Crippen molar-refractivity contribution in [2.75, 3.05) is 19.6 Å². The van der Waals surface area contributed by atoms with Crippen molar-refractivity contribution in [2.24, 2.45) is 18.7 Å². The Balaban J connectivity index is 1.25. The first-order chi connectivity index (χ1) is 19.3. The number of pyridine rings is 1. The van der Waals surface area contributed by atoms with E-state index in [-0.39, 0.29) is 36.5 Å². The monoisotopic (exact) mass is 545 g/mol. The third-order valence-corrected chi connectivity index (χ3v) is 8.26. The number of hydrogen-bond acceptors (Lipinski definition) is 6. The van der Waals surface area contributed by atoms with Crippen LogP contribution in [0.25, 0.3) is 10.9 Å². The zero-order valence-corrected chi connectivity index (χ0v) is 23.4. The Hall–Kier alpha value is -3.79. The van der Waals surface area contributed by atoms with Gasteiger partial charge in [-0.3, -0.25) is 24.0 Å². The number of aromatic nitrogens is 3. The van der Waals surface area contributed by atoms with Gasteiger partial charge in [0.2, 0.25) is 17.7 Å². The van der Waals surface area contributed by atoms with Gasteiger partial charge in [0.25, 0.3) is 0 Å². The van der Waals surface area contributed by atoms with Gasteiger partial charge in [-0.1, -0.05) is 6.07 Å². The van der Waals surface area contributed by atoms with Crippen molar-refractivity contribution in [3.05, 3.63) is 59.5 Å². The highest BCUT2D eigenvalue weighted by atomic mass is 16.2. The Kier molecular flexibility index (Phi) is 8.44. The third-order valence-electron chi connectivity index (χ3n) is 8.26. The molecule has 2 saturated heterocycles. The van der Waals surface area contributed by atoms with Crippen LogP contribution < -0.4 is 11.1 Å². The van der Waals surface area contributed by atoms with Crippen molar-refractivity contribution in [3.8, 4) is 0 Å². The van der Waals surface area contributed by atoms with Crippen LogP contribution in [-0.4, -0.2) is 74.0 Å². The summed E-state index contributed by atoms with van der Waals surface area (Å²) in [5.41, 5.74) is 10.4. The third kappa shape index (κ3) is 6.17. The van der Waals surface area contributed by atoms with Crippen LogP contribution in [0.2, 0.25) is 0 Å². The predicted octanol–water partition coefficient (Wildman–Crippen LogP) is 2.08. The summed E-state index contributed by atoms with van der Waals surface area (Å²) in [4.78, 5) is 47.1. The summed E-state index contributed by atoms with van der Waals surface area (Å²) < 4.78 is 1.85. The molecule has 0 spiro atoms. The van der Waals surface area contributed by atoms with Crippen LogP contribution in [0.1, 0.15) is 48.9 Å². The summed E-state index contributed by atoms with van der Waals surface area (Å²) in [7, 11) is 1.91. The molecule has 3 amide bonds. The molecule has 2 aliphatic heterocycles. The maximum absolute atomic E-state index is 13.5. The van der Waals surface area contributed by atoms with E-state index in [0.29, 0.717) is 19.5 Å². The number of aryl methyl sites for hydroxylation is 2. The fraction of sp³-hybridized carbons (Fsp3) is 0.500. The number of hydrogen-bond donors (Lipinski definition) is 2. The lowest BCUT2D eigenvalue weighted by Crippen LogP contribution is -2.51. The van der Waals surface area contributed by atoms with Gasteiger partial charge >= 0.3 is 0 Å².